The molecule has 0 N–H and O–H groups in total. The number of carbonyl (C=O) groups is 2. The molecule has 1 fully saturated rings. The number of imide groups is 1. The molecule has 0 bridgehead atoms. The van der Waals surface area contributed by atoms with Gasteiger partial charge in [0.1, 0.15) is 0 Å². The SMILES string of the molecule is Cc1ccc(C[C@@H]2C(=O)N(c3cccc(C(F)(F)F)c3)C(=O)[C@@H]2C)cc1. The summed E-state index contributed by atoms with van der Waals surface area (Å²) in [7, 11) is 0. The number of hydrogen-bond acceptors (Lipinski definition) is 2. The number of aryl methyl sites for hydroxylation is 1. The van der Waals surface area contributed by atoms with Gasteiger partial charge in [-0.05, 0) is 37.1 Å². The highest BCUT2D eigenvalue weighted by Crippen LogP contribution is 2.36. The van der Waals surface area contributed by atoms with Crippen molar-refractivity contribution < 1.29 is 22.8 Å². The zero-order valence-corrected chi connectivity index (χ0v) is 14.4. The van der Waals surface area contributed by atoms with Crippen LogP contribution in [0.1, 0.15) is 23.6 Å². The summed E-state index contributed by atoms with van der Waals surface area (Å²) in [5.41, 5.74) is 1.08. The fourth-order valence-electron chi connectivity index (χ4n) is 3.18. The predicted molar refractivity (Wildman–Crippen MR) is 91.5 cm³/mol. The topological polar surface area (TPSA) is 37.4 Å². The van der Waals surface area contributed by atoms with E-state index in [2.05, 4.69) is 0 Å². The van der Waals surface area contributed by atoms with Crippen LogP contribution in [0.4, 0.5) is 18.9 Å². The maximum absolute atomic E-state index is 12.9. The Balaban J connectivity index is 1.89. The summed E-state index contributed by atoms with van der Waals surface area (Å²) >= 11 is 0. The molecule has 2 aromatic rings. The van der Waals surface area contributed by atoms with Gasteiger partial charge in [-0.1, -0.05) is 42.8 Å². The number of benzene rings is 2. The van der Waals surface area contributed by atoms with Gasteiger partial charge >= 0.3 is 6.18 Å². The molecule has 6 heteroatoms. The average Bonchev–Trinajstić information content (AvgIpc) is 2.80. The molecule has 2 aromatic carbocycles. The van der Waals surface area contributed by atoms with Crippen molar-refractivity contribution >= 4 is 17.5 Å². The van der Waals surface area contributed by atoms with E-state index in [4.69, 9.17) is 0 Å². The second-order valence-corrected chi connectivity index (χ2v) is 6.64. The molecule has 0 radical (unpaired) electrons. The number of rotatable bonds is 3. The van der Waals surface area contributed by atoms with Crippen molar-refractivity contribution in [1.82, 2.24) is 0 Å². The molecule has 2 atom stereocenters. The van der Waals surface area contributed by atoms with Crippen molar-refractivity contribution in [2.45, 2.75) is 26.4 Å². The molecule has 0 aromatic heterocycles. The minimum absolute atomic E-state index is 0.0342. The molecule has 0 spiro atoms. The van der Waals surface area contributed by atoms with E-state index in [1.54, 1.807) is 6.92 Å². The standard InChI is InChI=1S/C20H18F3NO2/c1-12-6-8-14(9-7-12)10-17-13(2)18(25)24(19(17)26)16-5-3-4-15(11-16)20(21,22)23/h3-9,11,13,17H,10H2,1-2H3/t13-,17+/m1/s1. The summed E-state index contributed by atoms with van der Waals surface area (Å²) in [5, 5.41) is 0. The molecule has 0 saturated carbocycles. The Morgan fingerprint density at radius 2 is 1.65 bits per heavy atom. The van der Waals surface area contributed by atoms with E-state index in [0.29, 0.717) is 6.42 Å². The maximum atomic E-state index is 12.9. The normalized spacial score (nSPS) is 20.7. The summed E-state index contributed by atoms with van der Waals surface area (Å²) in [6, 6.07) is 12.0. The van der Waals surface area contributed by atoms with E-state index < -0.39 is 35.4 Å². The van der Waals surface area contributed by atoms with Crippen LogP contribution in [0.2, 0.25) is 0 Å². The molecule has 1 heterocycles. The molecule has 2 amide bonds. The lowest BCUT2D eigenvalue weighted by Gasteiger charge is -2.17. The first-order valence-electron chi connectivity index (χ1n) is 8.29. The van der Waals surface area contributed by atoms with Gasteiger partial charge in [0.2, 0.25) is 11.8 Å². The largest absolute Gasteiger partial charge is 0.416 e. The monoisotopic (exact) mass is 361 g/mol. The molecule has 1 saturated heterocycles. The summed E-state index contributed by atoms with van der Waals surface area (Å²) in [4.78, 5) is 26.2. The van der Waals surface area contributed by atoms with Gasteiger partial charge in [0.05, 0.1) is 17.2 Å². The lowest BCUT2D eigenvalue weighted by Crippen LogP contribution is -2.31. The first kappa shape index (κ1) is 18.2. The van der Waals surface area contributed by atoms with Gasteiger partial charge in [0.15, 0.2) is 0 Å². The van der Waals surface area contributed by atoms with Crippen LogP contribution in [0, 0.1) is 18.8 Å². The molecule has 3 nitrogen and oxygen atoms in total. The third-order valence-electron chi connectivity index (χ3n) is 4.76. The second kappa shape index (κ2) is 6.59. The molecule has 26 heavy (non-hydrogen) atoms. The second-order valence-electron chi connectivity index (χ2n) is 6.64. The number of anilines is 1. The Morgan fingerprint density at radius 1 is 1.00 bits per heavy atom. The third-order valence-corrected chi connectivity index (χ3v) is 4.76. The molecule has 3 rings (SSSR count). The van der Waals surface area contributed by atoms with E-state index in [1.165, 1.54) is 12.1 Å². The summed E-state index contributed by atoms with van der Waals surface area (Å²) in [6.07, 6.45) is -4.16. The summed E-state index contributed by atoms with van der Waals surface area (Å²) in [5.74, 6) is -2.09. The van der Waals surface area contributed by atoms with Crippen molar-refractivity contribution in [3.05, 3.63) is 65.2 Å². The quantitative estimate of drug-likeness (QED) is 0.761. The summed E-state index contributed by atoms with van der Waals surface area (Å²) < 4.78 is 38.8. The van der Waals surface area contributed by atoms with E-state index in [-0.39, 0.29) is 5.69 Å². The molecular formula is C20H18F3NO2. The van der Waals surface area contributed by atoms with E-state index in [1.807, 2.05) is 31.2 Å². The molecule has 1 aliphatic rings. The number of alkyl halides is 3. The molecule has 136 valence electrons. The Bertz CT molecular complexity index is 843. The fraction of sp³-hybridized carbons (Fsp3) is 0.300. The Labute approximate surface area is 149 Å². The van der Waals surface area contributed by atoms with Crippen molar-refractivity contribution in [3.63, 3.8) is 0 Å². The molecule has 0 unspecified atom stereocenters. The van der Waals surface area contributed by atoms with Gasteiger partial charge in [-0.2, -0.15) is 13.2 Å². The van der Waals surface area contributed by atoms with Crippen molar-refractivity contribution in [2.24, 2.45) is 11.8 Å². The van der Waals surface area contributed by atoms with Gasteiger partial charge in [0.25, 0.3) is 0 Å². The fourth-order valence-corrected chi connectivity index (χ4v) is 3.18. The van der Waals surface area contributed by atoms with Gasteiger partial charge < -0.3 is 0 Å². The van der Waals surface area contributed by atoms with E-state index in [0.717, 1.165) is 28.2 Å². The first-order valence-corrected chi connectivity index (χ1v) is 8.29. The van der Waals surface area contributed by atoms with Crippen LogP contribution < -0.4 is 4.90 Å². The predicted octanol–water partition coefficient (Wildman–Crippen LogP) is 4.38. The smallest absolute Gasteiger partial charge is 0.274 e. The number of carbonyl (C=O) groups excluding carboxylic acids is 2. The van der Waals surface area contributed by atoms with Crippen LogP contribution in [0.15, 0.2) is 48.5 Å². The first-order chi connectivity index (χ1) is 12.2. The third kappa shape index (κ3) is 3.36. The number of hydrogen-bond donors (Lipinski definition) is 0. The lowest BCUT2D eigenvalue weighted by molar-refractivity contribution is -0.137. The van der Waals surface area contributed by atoms with Crippen LogP contribution in [-0.4, -0.2) is 11.8 Å². The van der Waals surface area contributed by atoms with Crippen molar-refractivity contribution in [3.8, 4) is 0 Å². The Hall–Kier alpha value is -2.63. The highest BCUT2D eigenvalue weighted by Gasteiger charge is 2.46. The highest BCUT2D eigenvalue weighted by atomic mass is 19.4. The van der Waals surface area contributed by atoms with Crippen LogP contribution in [0.25, 0.3) is 0 Å². The van der Waals surface area contributed by atoms with Gasteiger partial charge in [0, 0.05) is 5.92 Å². The lowest BCUT2D eigenvalue weighted by atomic mass is 9.90. The molecule has 0 aliphatic carbocycles. The van der Waals surface area contributed by atoms with Gasteiger partial charge in [-0.25, -0.2) is 0 Å². The number of nitrogens with zero attached hydrogens (tertiary/aromatic N) is 1. The minimum atomic E-state index is -4.53. The van der Waals surface area contributed by atoms with Crippen LogP contribution in [-0.2, 0) is 22.2 Å². The maximum Gasteiger partial charge on any atom is 0.416 e. The zero-order valence-electron chi connectivity index (χ0n) is 14.4. The molecule has 1 aliphatic heterocycles. The molecular weight excluding hydrogens is 343 g/mol. The number of amides is 2. The Morgan fingerprint density at radius 3 is 2.27 bits per heavy atom. The van der Waals surface area contributed by atoms with Crippen molar-refractivity contribution in [2.75, 3.05) is 4.90 Å². The number of halogens is 3. The minimum Gasteiger partial charge on any atom is -0.274 e. The van der Waals surface area contributed by atoms with E-state index >= 15 is 0 Å². The van der Waals surface area contributed by atoms with Crippen LogP contribution in [0.5, 0.6) is 0 Å². The average molecular weight is 361 g/mol. The summed E-state index contributed by atoms with van der Waals surface area (Å²) in [6.45, 7) is 3.60. The Kier molecular flexibility index (Phi) is 4.61. The van der Waals surface area contributed by atoms with Crippen molar-refractivity contribution in [1.29, 1.82) is 0 Å². The highest BCUT2D eigenvalue weighted by molar-refractivity contribution is 6.22. The van der Waals surface area contributed by atoms with Gasteiger partial charge in [-0.3, -0.25) is 14.5 Å². The van der Waals surface area contributed by atoms with Crippen LogP contribution in [0.3, 0.4) is 0 Å². The van der Waals surface area contributed by atoms with E-state index in [9.17, 15) is 22.8 Å². The van der Waals surface area contributed by atoms with Gasteiger partial charge in [-0.15, -0.1) is 0 Å². The van der Waals surface area contributed by atoms with Crippen LogP contribution >= 0.6 is 0 Å². The zero-order chi connectivity index (χ0) is 19.1.